The van der Waals surface area contributed by atoms with Crippen molar-refractivity contribution in [1.29, 1.82) is 0 Å². The van der Waals surface area contributed by atoms with Crippen LogP contribution in [-0.2, 0) is 4.74 Å². The number of hydrogen-bond donors (Lipinski definition) is 1. The molecule has 6 heteroatoms. The second kappa shape index (κ2) is 10.5. The zero-order valence-corrected chi connectivity index (χ0v) is 17.7. The number of rotatable bonds is 9. The fourth-order valence-corrected chi connectivity index (χ4v) is 3.34. The molecule has 1 aliphatic heterocycles. The molecule has 28 heavy (non-hydrogen) atoms. The minimum atomic E-state index is -0.235. The smallest absolute Gasteiger partial charge is 0.259 e. The molecular formula is C22H26BrNO4. The molecule has 1 heterocycles. The van der Waals surface area contributed by atoms with Crippen molar-refractivity contribution in [3.8, 4) is 11.5 Å². The number of anilines is 1. The third-order valence-corrected chi connectivity index (χ3v) is 5.02. The highest BCUT2D eigenvalue weighted by molar-refractivity contribution is 9.10. The molecule has 0 aromatic heterocycles. The van der Waals surface area contributed by atoms with Crippen molar-refractivity contribution < 1.29 is 19.0 Å². The molecule has 5 nitrogen and oxygen atoms in total. The van der Waals surface area contributed by atoms with Crippen LogP contribution >= 0.6 is 15.9 Å². The van der Waals surface area contributed by atoms with Crippen LogP contribution in [0.15, 0.2) is 46.9 Å². The Labute approximate surface area is 174 Å². The van der Waals surface area contributed by atoms with E-state index >= 15 is 0 Å². The Hall–Kier alpha value is -2.05. The maximum atomic E-state index is 12.9. The van der Waals surface area contributed by atoms with Gasteiger partial charge in [0.15, 0.2) is 0 Å². The molecule has 0 bridgehead atoms. The van der Waals surface area contributed by atoms with Gasteiger partial charge in [0.05, 0.1) is 24.0 Å². The summed E-state index contributed by atoms with van der Waals surface area (Å²) >= 11 is 3.43. The number of hydrogen-bond acceptors (Lipinski definition) is 4. The van der Waals surface area contributed by atoms with Crippen LogP contribution in [0, 0.1) is 0 Å². The van der Waals surface area contributed by atoms with Gasteiger partial charge in [-0.05, 0) is 49.6 Å². The van der Waals surface area contributed by atoms with Gasteiger partial charge in [0.25, 0.3) is 5.91 Å². The summed E-state index contributed by atoms with van der Waals surface area (Å²) in [6, 6.07) is 12.9. The molecule has 0 spiro atoms. The Balaban J connectivity index is 1.71. The van der Waals surface area contributed by atoms with Crippen LogP contribution in [-0.4, -0.2) is 31.8 Å². The van der Waals surface area contributed by atoms with Crippen molar-refractivity contribution in [2.75, 3.05) is 25.1 Å². The van der Waals surface area contributed by atoms with E-state index in [4.69, 9.17) is 14.2 Å². The summed E-state index contributed by atoms with van der Waals surface area (Å²) in [6.07, 6.45) is 4.17. The van der Waals surface area contributed by atoms with Crippen molar-refractivity contribution >= 4 is 27.5 Å². The molecule has 0 saturated carbocycles. The van der Waals surface area contributed by atoms with Gasteiger partial charge in [0.1, 0.15) is 18.1 Å². The lowest BCUT2D eigenvalue weighted by atomic mass is 10.1. The quantitative estimate of drug-likeness (QED) is 0.520. The highest BCUT2D eigenvalue weighted by Crippen LogP contribution is 2.28. The molecule has 1 fully saturated rings. The number of benzene rings is 2. The van der Waals surface area contributed by atoms with E-state index in [1.807, 2.05) is 36.4 Å². The van der Waals surface area contributed by atoms with Crippen molar-refractivity contribution in [2.24, 2.45) is 0 Å². The first-order chi connectivity index (χ1) is 13.7. The van der Waals surface area contributed by atoms with Crippen LogP contribution in [0.2, 0.25) is 0 Å². The van der Waals surface area contributed by atoms with E-state index in [-0.39, 0.29) is 12.0 Å². The SMILES string of the molecule is CCCCOc1ccc(Br)cc1C(=O)Nc1ccccc1OCC1CCCO1. The fraction of sp³-hybridized carbons (Fsp3) is 0.409. The minimum absolute atomic E-state index is 0.118. The highest BCUT2D eigenvalue weighted by atomic mass is 79.9. The average Bonchev–Trinajstić information content (AvgIpc) is 3.22. The minimum Gasteiger partial charge on any atom is -0.493 e. The number of amides is 1. The average molecular weight is 448 g/mol. The third kappa shape index (κ3) is 5.72. The van der Waals surface area contributed by atoms with Crippen molar-refractivity contribution in [1.82, 2.24) is 0 Å². The van der Waals surface area contributed by atoms with Gasteiger partial charge >= 0.3 is 0 Å². The van der Waals surface area contributed by atoms with E-state index in [2.05, 4.69) is 28.2 Å². The number of para-hydroxylation sites is 2. The molecule has 1 N–H and O–H groups in total. The van der Waals surface area contributed by atoms with Gasteiger partial charge in [-0.25, -0.2) is 0 Å². The van der Waals surface area contributed by atoms with Crippen molar-refractivity contribution in [3.63, 3.8) is 0 Å². The molecule has 1 atom stereocenters. The summed E-state index contributed by atoms with van der Waals surface area (Å²) in [4.78, 5) is 12.9. The number of nitrogens with one attached hydrogen (secondary N) is 1. The Morgan fingerprint density at radius 1 is 1.21 bits per heavy atom. The molecular weight excluding hydrogens is 422 g/mol. The number of halogens is 1. The number of carbonyl (C=O) groups excluding carboxylic acids is 1. The first-order valence-corrected chi connectivity index (χ1v) is 10.5. The molecule has 1 aliphatic rings. The van der Waals surface area contributed by atoms with Crippen LogP contribution in [0.1, 0.15) is 43.0 Å². The third-order valence-electron chi connectivity index (χ3n) is 4.53. The maximum absolute atomic E-state index is 12.9. The fourth-order valence-electron chi connectivity index (χ4n) is 2.98. The summed E-state index contributed by atoms with van der Waals surface area (Å²) in [6.45, 7) is 3.96. The molecule has 0 aliphatic carbocycles. The second-order valence-electron chi connectivity index (χ2n) is 6.74. The van der Waals surface area contributed by atoms with E-state index in [1.165, 1.54) is 0 Å². The van der Waals surface area contributed by atoms with E-state index in [1.54, 1.807) is 6.07 Å². The summed E-state index contributed by atoms with van der Waals surface area (Å²) < 4.78 is 18.1. The molecule has 1 unspecified atom stereocenters. The molecule has 1 saturated heterocycles. The molecule has 2 aromatic carbocycles. The van der Waals surface area contributed by atoms with Gasteiger partial charge in [-0.2, -0.15) is 0 Å². The molecule has 150 valence electrons. The Kier molecular flexibility index (Phi) is 7.74. The maximum Gasteiger partial charge on any atom is 0.259 e. The standard InChI is InChI=1S/C22H26BrNO4/c1-2-3-12-27-20-11-10-16(23)14-18(20)22(25)24-19-8-4-5-9-21(19)28-15-17-7-6-13-26-17/h4-5,8-11,14,17H,2-3,6-7,12-13,15H2,1H3,(H,24,25). The van der Waals surface area contributed by atoms with Gasteiger partial charge in [-0.1, -0.05) is 41.4 Å². The Morgan fingerprint density at radius 2 is 2.07 bits per heavy atom. The first kappa shape index (κ1) is 20.7. The van der Waals surface area contributed by atoms with Crippen LogP contribution in [0.3, 0.4) is 0 Å². The van der Waals surface area contributed by atoms with Gasteiger partial charge in [0.2, 0.25) is 0 Å². The predicted molar refractivity (Wildman–Crippen MR) is 113 cm³/mol. The van der Waals surface area contributed by atoms with E-state index in [9.17, 15) is 4.79 Å². The van der Waals surface area contributed by atoms with Gasteiger partial charge < -0.3 is 19.5 Å². The predicted octanol–water partition coefficient (Wildman–Crippen LogP) is 5.44. The summed E-state index contributed by atoms with van der Waals surface area (Å²) in [5, 5.41) is 2.95. The molecule has 0 radical (unpaired) electrons. The van der Waals surface area contributed by atoms with Crippen molar-refractivity contribution in [3.05, 3.63) is 52.5 Å². The molecule has 3 rings (SSSR count). The first-order valence-electron chi connectivity index (χ1n) is 9.74. The normalized spacial score (nSPS) is 16.0. The topological polar surface area (TPSA) is 56.8 Å². The van der Waals surface area contributed by atoms with Gasteiger partial charge in [-0.15, -0.1) is 0 Å². The lowest BCUT2D eigenvalue weighted by Gasteiger charge is -2.16. The molecule has 1 amide bonds. The zero-order chi connectivity index (χ0) is 19.8. The molecule has 2 aromatic rings. The highest BCUT2D eigenvalue weighted by Gasteiger charge is 2.18. The van der Waals surface area contributed by atoms with Gasteiger partial charge in [0, 0.05) is 11.1 Å². The van der Waals surface area contributed by atoms with Crippen LogP contribution in [0.25, 0.3) is 0 Å². The van der Waals surface area contributed by atoms with Crippen LogP contribution < -0.4 is 14.8 Å². The number of carbonyl (C=O) groups is 1. The van der Waals surface area contributed by atoms with E-state index < -0.39 is 0 Å². The largest absolute Gasteiger partial charge is 0.493 e. The summed E-state index contributed by atoms with van der Waals surface area (Å²) in [5.41, 5.74) is 1.12. The summed E-state index contributed by atoms with van der Waals surface area (Å²) in [7, 11) is 0. The van der Waals surface area contributed by atoms with Gasteiger partial charge in [-0.3, -0.25) is 4.79 Å². The zero-order valence-electron chi connectivity index (χ0n) is 16.1. The number of unbranched alkanes of at least 4 members (excludes halogenated alkanes) is 1. The Bertz CT molecular complexity index is 790. The summed E-state index contributed by atoms with van der Waals surface area (Å²) in [5.74, 6) is 0.975. The lowest BCUT2D eigenvalue weighted by Crippen LogP contribution is -2.18. The number of ether oxygens (including phenoxy) is 3. The lowest BCUT2D eigenvalue weighted by molar-refractivity contribution is 0.0682. The van der Waals surface area contributed by atoms with Crippen LogP contribution in [0.4, 0.5) is 5.69 Å². The van der Waals surface area contributed by atoms with Crippen LogP contribution in [0.5, 0.6) is 11.5 Å². The second-order valence-corrected chi connectivity index (χ2v) is 7.65. The monoisotopic (exact) mass is 447 g/mol. The Morgan fingerprint density at radius 3 is 2.86 bits per heavy atom. The van der Waals surface area contributed by atoms with Crippen molar-refractivity contribution in [2.45, 2.75) is 38.7 Å². The van der Waals surface area contributed by atoms with E-state index in [0.29, 0.717) is 36.0 Å². The van der Waals surface area contributed by atoms with E-state index in [0.717, 1.165) is 36.8 Å².